The van der Waals surface area contributed by atoms with Crippen LogP contribution in [-0.2, 0) is 4.74 Å². The molecule has 0 spiro atoms. The summed E-state index contributed by atoms with van der Waals surface area (Å²) in [4.78, 5) is 32.1. The second-order valence-electron chi connectivity index (χ2n) is 3.56. The number of rotatable bonds is 2. The number of methoxy groups -OCH3 is 1. The van der Waals surface area contributed by atoms with Gasteiger partial charge in [-0.15, -0.1) is 0 Å². The first-order valence-electron chi connectivity index (χ1n) is 5.15. The minimum Gasteiger partial charge on any atom is -0.465 e. The first-order valence-corrected chi connectivity index (χ1v) is 5.97. The van der Waals surface area contributed by atoms with E-state index in [1.165, 1.54) is 24.5 Å². The summed E-state index contributed by atoms with van der Waals surface area (Å²) in [5, 5.41) is 3.46. The molecule has 2 aromatic rings. The Morgan fingerprint density at radius 2 is 2.17 bits per heavy atom. The topological polar surface area (TPSA) is 81.2 Å². The molecule has 6 nitrogen and oxygen atoms in total. The monoisotopic (exact) mass is 265 g/mol. The lowest BCUT2D eigenvalue weighted by molar-refractivity contribution is 0.0602. The van der Waals surface area contributed by atoms with Gasteiger partial charge in [-0.3, -0.25) is 4.79 Å². The van der Waals surface area contributed by atoms with Crippen LogP contribution in [0.15, 0.2) is 10.9 Å². The van der Waals surface area contributed by atoms with E-state index in [0.29, 0.717) is 15.7 Å². The molecule has 0 amide bonds. The maximum absolute atomic E-state index is 11.9. The molecule has 0 fully saturated rings. The van der Waals surface area contributed by atoms with Crippen molar-refractivity contribution in [1.29, 1.82) is 0 Å². The van der Waals surface area contributed by atoms with Gasteiger partial charge in [-0.25, -0.2) is 9.78 Å². The third kappa shape index (κ3) is 2.04. The Labute approximate surface area is 107 Å². The van der Waals surface area contributed by atoms with Crippen molar-refractivity contribution in [3.8, 4) is 0 Å². The van der Waals surface area contributed by atoms with E-state index in [2.05, 4.69) is 20.0 Å². The van der Waals surface area contributed by atoms with Crippen molar-refractivity contribution >= 4 is 32.7 Å². The maximum Gasteiger partial charge on any atom is 0.338 e. The van der Waals surface area contributed by atoms with Gasteiger partial charge in [0.05, 0.1) is 18.1 Å². The van der Waals surface area contributed by atoms with Gasteiger partial charge in [-0.1, -0.05) is 11.3 Å². The normalized spacial score (nSPS) is 10.4. The number of ether oxygens (including phenoxy) is 1. The lowest BCUT2D eigenvalue weighted by Crippen LogP contribution is -2.14. The van der Waals surface area contributed by atoms with E-state index in [9.17, 15) is 9.59 Å². The molecular formula is C11H11N3O3S. The molecule has 0 bridgehead atoms. The van der Waals surface area contributed by atoms with Gasteiger partial charge < -0.3 is 10.1 Å². The number of hydrogen-bond donors (Lipinski definition) is 1. The number of carbonyl (C=O) groups excluding carboxylic acids is 1. The number of hydrogen-bond acceptors (Lipinski definition) is 7. The van der Waals surface area contributed by atoms with Gasteiger partial charge in [0, 0.05) is 12.7 Å². The van der Waals surface area contributed by atoms with Crippen LogP contribution in [0.4, 0.5) is 5.13 Å². The number of nitrogens with one attached hydrogen (secondary N) is 1. The van der Waals surface area contributed by atoms with Gasteiger partial charge in [-0.05, 0) is 13.0 Å². The molecular weight excluding hydrogens is 254 g/mol. The molecule has 7 heteroatoms. The van der Waals surface area contributed by atoms with Crippen LogP contribution < -0.4 is 10.9 Å². The van der Waals surface area contributed by atoms with Crippen LogP contribution >= 0.6 is 11.3 Å². The van der Waals surface area contributed by atoms with Crippen molar-refractivity contribution in [1.82, 2.24) is 9.97 Å². The molecule has 0 radical (unpaired) electrons. The van der Waals surface area contributed by atoms with Crippen LogP contribution in [0.1, 0.15) is 16.1 Å². The fourth-order valence-electron chi connectivity index (χ4n) is 1.57. The molecule has 0 aliphatic carbocycles. The standard InChI is InChI=1S/C11H11N3O3S/c1-5-4-6(10(16)17-3)7-8(15)14-11(12-2)18-9(7)13-5/h4H,1-3H3,(H,12,14,15). The summed E-state index contributed by atoms with van der Waals surface area (Å²) in [6.45, 7) is 1.75. The Bertz CT molecular complexity index is 681. The summed E-state index contributed by atoms with van der Waals surface area (Å²) in [6, 6.07) is 1.53. The summed E-state index contributed by atoms with van der Waals surface area (Å²) >= 11 is 1.22. The van der Waals surface area contributed by atoms with E-state index in [1.807, 2.05) is 0 Å². The predicted octanol–water partition coefficient (Wildman–Crippen LogP) is 1.19. The van der Waals surface area contributed by atoms with Crippen LogP contribution in [0.3, 0.4) is 0 Å². The molecule has 0 saturated heterocycles. The van der Waals surface area contributed by atoms with Crippen LogP contribution in [0, 0.1) is 6.92 Å². The van der Waals surface area contributed by atoms with Crippen LogP contribution in [0.25, 0.3) is 10.2 Å². The molecule has 2 aromatic heterocycles. The predicted molar refractivity (Wildman–Crippen MR) is 69.3 cm³/mol. The van der Waals surface area contributed by atoms with E-state index in [0.717, 1.165) is 0 Å². The molecule has 0 aliphatic rings. The lowest BCUT2D eigenvalue weighted by atomic mass is 10.1. The van der Waals surface area contributed by atoms with Gasteiger partial charge in [-0.2, -0.15) is 4.98 Å². The third-order valence-electron chi connectivity index (χ3n) is 2.34. The lowest BCUT2D eigenvalue weighted by Gasteiger charge is -2.05. The van der Waals surface area contributed by atoms with Crippen molar-refractivity contribution in [2.45, 2.75) is 6.92 Å². The van der Waals surface area contributed by atoms with Crippen molar-refractivity contribution in [2.75, 3.05) is 19.5 Å². The number of aromatic nitrogens is 2. The Hall–Kier alpha value is -2.02. The molecule has 18 heavy (non-hydrogen) atoms. The summed E-state index contributed by atoms with van der Waals surface area (Å²) < 4.78 is 4.67. The van der Waals surface area contributed by atoms with E-state index in [-0.39, 0.29) is 10.9 Å². The van der Waals surface area contributed by atoms with Crippen LogP contribution in [0.5, 0.6) is 0 Å². The Balaban J connectivity index is 2.87. The Kier molecular flexibility index (Phi) is 3.24. The fourth-order valence-corrected chi connectivity index (χ4v) is 2.47. The van der Waals surface area contributed by atoms with Crippen LogP contribution in [-0.4, -0.2) is 30.1 Å². The Morgan fingerprint density at radius 1 is 1.44 bits per heavy atom. The molecule has 2 heterocycles. The van der Waals surface area contributed by atoms with E-state index in [1.54, 1.807) is 14.0 Å². The molecule has 2 rings (SSSR count). The first kappa shape index (κ1) is 12.4. The molecule has 0 unspecified atom stereocenters. The molecule has 0 atom stereocenters. The van der Waals surface area contributed by atoms with Gasteiger partial charge in [0.15, 0.2) is 5.13 Å². The molecule has 0 saturated carbocycles. The van der Waals surface area contributed by atoms with Crippen LogP contribution in [0.2, 0.25) is 0 Å². The zero-order valence-corrected chi connectivity index (χ0v) is 10.9. The minimum atomic E-state index is -0.561. The zero-order chi connectivity index (χ0) is 13.3. The van der Waals surface area contributed by atoms with Crippen molar-refractivity contribution in [3.05, 3.63) is 27.7 Å². The van der Waals surface area contributed by atoms with E-state index >= 15 is 0 Å². The average molecular weight is 265 g/mol. The van der Waals surface area contributed by atoms with Gasteiger partial charge in [0.1, 0.15) is 4.83 Å². The zero-order valence-electron chi connectivity index (χ0n) is 10.1. The summed E-state index contributed by atoms with van der Waals surface area (Å²) in [7, 11) is 2.94. The van der Waals surface area contributed by atoms with Gasteiger partial charge >= 0.3 is 5.97 Å². The molecule has 1 N–H and O–H groups in total. The first-order chi connectivity index (χ1) is 8.56. The second kappa shape index (κ2) is 4.69. The third-order valence-corrected chi connectivity index (χ3v) is 3.32. The van der Waals surface area contributed by atoms with Gasteiger partial charge in [0.25, 0.3) is 5.56 Å². The fraction of sp³-hybridized carbons (Fsp3) is 0.273. The summed E-state index contributed by atoms with van der Waals surface area (Å²) in [5.41, 5.74) is 0.365. The maximum atomic E-state index is 11.9. The number of aryl methyl sites for hydroxylation is 1. The number of anilines is 1. The largest absolute Gasteiger partial charge is 0.465 e. The average Bonchev–Trinajstić information content (AvgIpc) is 2.35. The highest BCUT2D eigenvalue weighted by atomic mass is 32.1. The highest BCUT2D eigenvalue weighted by Crippen LogP contribution is 2.22. The van der Waals surface area contributed by atoms with Crippen molar-refractivity contribution in [3.63, 3.8) is 0 Å². The quantitative estimate of drug-likeness (QED) is 0.821. The van der Waals surface area contributed by atoms with E-state index in [4.69, 9.17) is 0 Å². The smallest absolute Gasteiger partial charge is 0.338 e. The highest BCUT2D eigenvalue weighted by Gasteiger charge is 2.17. The van der Waals surface area contributed by atoms with Crippen molar-refractivity contribution < 1.29 is 9.53 Å². The number of esters is 1. The number of pyridine rings is 1. The number of fused-ring (bicyclic) bond motifs is 1. The minimum absolute atomic E-state index is 0.205. The SMILES string of the molecule is CNc1nc(=O)c2c(C(=O)OC)cc(C)nc2s1. The molecule has 0 aromatic carbocycles. The van der Waals surface area contributed by atoms with Crippen molar-refractivity contribution in [2.24, 2.45) is 0 Å². The number of nitrogens with zero attached hydrogens (tertiary/aromatic N) is 2. The molecule has 0 aliphatic heterocycles. The highest BCUT2D eigenvalue weighted by molar-refractivity contribution is 7.21. The number of carbonyl (C=O) groups is 1. The second-order valence-corrected chi connectivity index (χ2v) is 4.53. The van der Waals surface area contributed by atoms with Gasteiger partial charge in [0.2, 0.25) is 0 Å². The molecule has 94 valence electrons. The van der Waals surface area contributed by atoms with E-state index < -0.39 is 11.5 Å². The Morgan fingerprint density at radius 3 is 2.78 bits per heavy atom. The summed E-state index contributed by atoms with van der Waals surface area (Å²) in [6.07, 6.45) is 0. The summed E-state index contributed by atoms with van der Waals surface area (Å²) in [5.74, 6) is -0.561.